The Hall–Kier alpha value is -2.66. The number of thiazole rings is 1. The maximum absolute atomic E-state index is 9.63. The first kappa shape index (κ1) is 21.1. The highest BCUT2D eigenvalue weighted by Crippen LogP contribution is 2.32. The summed E-state index contributed by atoms with van der Waals surface area (Å²) in [7, 11) is 1.54. The third kappa shape index (κ3) is 5.04. The van der Waals surface area contributed by atoms with E-state index >= 15 is 0 Å². The van der Waals surface area contributed by atoms with Crippen molar-refractivity contribution in [3.63, 3.8) is 0 Å². The Morgan fingerprint density at radius 1 is 1.21 bits per heavy atom. The zero-order valence-corrected chi connectivity index (χ0v) is 18.0. The SMILES string of the molecule is COc1cnc(C(C#N)=Cc2c(Cl)cncc2Cl)cc1OCCc1scnc1C. The summed E-state index contributed by atoms with van der Waals surface area (Å²) in [6.07, 6.45) is 6.74. The van der Waals surface area contributed by atoms with Gasteiger partial charge in [-0.1, -0.05) is 23.2 Å². The van der Waals surface area contributed by atoms with Crippen LogP contribution in [0.15, 0.2) is 30.2 Å². The summed E-state index contributed by atoms with van der Waals surface area (Å²) in [5.74, 6) is 0.972. The molecule has 0 radical (unpaired) electrons. The number of aromatic nitrogens is 3. The summed E-state index contributed by atoms with van der Waals surface area (Å²) in [4.78, 5) is 13.6. The van der Waals surface area contributed by atoms with Crippen LogP contribution >= 0.6 is 34.5 Å². The molecule has 9 heteroatoms. The van der Waals surface area contributed by atoms with Gasteiger partial charge in [-0.2, -0.15) is 5.26 Å². The molecular formula is C20H16Cl2N4O2S. The van der Waals surface area contributed by atoms with Gasteiger partial charge in [-0.15, -0.1) is 11.3 Å². The quantitative estimate of drug-likeness (QED) is 0.461. The Balaban J connectivity index is 1.87. The second-order valence-electron chi connectivity index (χ2n) is 5.87. The fourth-order valence-corrected chi connectivity index (χ4v) is 3.76. The largest absolute Gasteiger partial charge is 0.491 e. The van der Waals surface area contributed by atoms with Gasteiger partial charge in [-0.25, -0.2) is 4.98 Å². The van der Waals surface area contributed by atoms with E-state index in [9.17, 15) is 5.26 Å². The number of nitriles is 1. The lowest BCUT2D eigenvalue weighted by Gasteiger charge is -2.11. The highest BCUT2D eigenvalue weighted by molar-refractivity contribution is 7.09. The molecule has 0 spiro atoms. The highest BCUT2D eigenvalue weighted by atomic mass is 35.5. The van der Waals surface area contributed by atoms with Crippen LogP contribution in [0.5, 0.6) is 11.5 Å². The molecule has 0 fully saturated rings. The molecule has 0 aliphatic carbocycles. The van der Waals surface area contributed by atoms with E-state index in [4.69, 9.17) is 32.7 Å². The molecule has 0 N–H and O–H groups in total. The van der Waals surface area contributed by atoms with Crippen LogP contribution in [0.25, 0.3) is 11.6 Å². The topological polar surface area (TPSA) is 80.9 Å². The van der Waals surface area contributed by atoms with Crippen molar-refractivity contribution in [1.29, 1.82) is 5.26 Å². The van der Waals surface area contributed by atoms with Gasteiger partial charge in [0.05, 0.1) is 52.4 Å². The molecule has 0 aromatic carbocycles. The van der Waals surface area contributed by atoms with E-state index in [2.05, 4.69) is 21.0 Å². The Bertz CT molecular complexity index is 1070. The van der Waals surface area contributed by atoms with Gasteiger partial charge in [-0.3, -0.25) is 9.97 Å². The molecule has 148 valence electrons. The predicted molar refractivity (Wildman–Crippen MR) is 115 cm³/mol. The number of hydrogen-bond donors (Lipinski definition) is 0. The number of rotatable bonds is 7. The molecule has 0 unspecified atom stereocenters. The summed E-state index contributed by atoms with van der Waals surface area (Å²) in [6.45, 7) is 2.41. The van der Waals surface area contributed by atoms with Crippen LogP contribution < -0.4 is 9.47 Å². The number of hydrogen-bond acceptors (Lipinski definition) is 7. The molecule has 29 heavy (non-hydrogen) atoms. The molecule has 3 heterocycles. The van der Waals surface area contributed by atoms with E-state index in [1.165, 1.54) is 25.7 Å². The molecule has 0 amide bonds. The van der Waals surface area contributed by atoms with Gasteiger partial charge >= 0.3 is 0 Å². The molecule has 3 rings (SSSR count). The Morgan fingerprint density at radius 2 is 1.97 bits per heavy atom. The minimum atomic E-state index is 0.283. The van der Waals surface area contributed by atoms with Gasteiger partial charge in [0.1, 0.15) is 6.07 Å². The number of ether oxygens (including phenoxy) is 2. The normalized spacial score (nSPS) is 11.2. The Kier molecular flexibility index (Phi) is 7.04. The van der Waals surface area contributed by atoms with Gasteiger partial charge in [0, 0.05) is 35.3 Å². The van der Waals surface area contributed by atoms with Gasteiger partial charge in [0.2, 0.25) is 0 Å². The molecule has 0 aliphatic heterocycles. The number of pyridine rings is 2. The smallest absolute Gasteiger partial charge is 0.179 e. The molecule has 0 saturated carbocycles. The lowest BCUT2D eigenvalue weighted by Crippen LogP contribution is -2.04. The van der Waals surface area contributed by atoms with Crippen LogP contribution in [0.4, 0.5) is 0 Å². The molecular weight excluding hydrogens is 431 g/mol. The van der Waals surface area contributed by atoms with Crippen molar-refractivity contribution < 1.29 is 9.47 Å². The van der Waals surface area contributed by atoms with Crippen LogP contribution in [-0.4, -0.2) is 28.7 Å². The van der Waals surface area contributed by atoms with E-state index in [0.29, 0.717) is 39.4 Å². The van der Waals surface area contributed by atoms with Gasteiger partial charge in [0.15, 0.2) is 11.5 Å². The number of aryl methyl sites for hydroxylation is 1. The number of halogens is 2. The lowest BCUT2D eigenvalue weighted by atomic mass is 10.1. The summed E-state index contributed by atoms with van der Waals surface area (Å²) >= 11 is 13.9. The maximum Gasteiger partial charge on any atom is 0.179 e. The summed E-state index contributed by atoms with van der Waals surface area (Å²) in [6, 6.07) is 3.79. The Morgan fingerprint density at radius 3 is 2.59 bits per heavy atom. The standard InChI is InChI=1S/C20H16Cl2N4O2S/c1-12-20(29-11-26-12)3-4-28-18-6-17(25-10-19(18)27-2)13(7-23)5-14-15(21)8-24-9-16(14)22/h5-6,8-11H,3-4H2,1-2H3. The first-order valence-electron chi connectivity index (χ1n) is 8.50. The van der Waals surface area contributed by atoms with Crippen molar-refractivity contribution in [1.82, 2.24) is 15.0 Å². The van der Waals surface area contributed by atoms with Crippen molar-refractivity contribution >= 4 is 46.2 Å². The first-order valence-corrected chi connectivity index (χ1v) is 10.1. The number of nitrogens with zero attached hydrogens (tertiary/aromatic N) is 4. The van der Waals surface area contributed by atoms with Crippen LogP contribution in [-0.2, 0) is 6.42 Å². The molecule has 3 aromatic rings. The first-order chi connectivity index (χ1) is 14.0. The van der Waals surface area contributed by atoms with E-state index < -0.39 is 0 Å². The molecule has 3 aromatic heterocycles. The summed E-state index contributed by atoms with van der Waals surface area (Å²) in [5, 5.41) is 10.3. The van der Waals surface area contributed by atoms with Crippen LogP contribution in [0.3, 0.4) is 0 Å². The third-order valence-electron chi connectivity index (χ3n) is 4.06. The monoisotopic (exact) mass is 446 g/mol. The molecule has 6 nitrogen and oxygen atoms in total. The van der Waals surface area contributed by atoms with Crippen molar-refractivity contribution in [3.8, 4) is 17.6 Å². The minimum absolute atomic E-state index is 0.283. The summed E-state index contributed by atoms with van der Waals surface area (Å²) < 4.78 is 11.2. The van der Waals surface area contributed by atoms with E-state index in [1.807, 2.05) is 12.4 Å². The molecule has 0 saturated heterocycles. The van der Waals surface area contributed by atoms with E-state index in [-0.39, 0.29) is 5.57 Å². The second-order valence-corrected chi connectivity index (χ2v) is 7.62. The van der Waals surface area contributed by atoms with Crippen molar-refractivity contribution in [3.05, 3.63) is 62.0 Å². The molecule has 0 atom stereocenters. The van der Waals surface area contributed by atoms with Crippen molar-refractivity contribution in [2.45, 2.75) is 13.3 Å². The average molecular weight is 447 g/mol. The Labute approximate surface area is 182 Å². The van der Waals surface area contributed by atoms with Gasteiger partial charge < -0.3 is 9.47 Å². The zero-order chi connectivity index (χ0) is 20.8. The second kappa shape index (κ2) is 9.70. The molecule has 0 bridgehead atoms. The lowest BCUT2D eigenvalue weighted by molar-refractivity contribution is 0.297. The van der Waals surface area contributed by atoms with Gasteiger partial charge in [0.25, 0.3) is 0 Å². The van der Waals surface area contributed by atoms with Crippen LogP contribution in [0.2, 0.25) is 10.0 Å². The number of methoxy groups -OCH3 is 1. The zero-order valence-electron chi connectivity index (χ0n) is 15.6. The fourth-order valence-electron chi connectivity index (χ4n) is 2.52. The third-order valence-corrected chi connectivity index (χ3v) is 5.66. The van der Waals surface area contributed by atoms with Crippen LogP contribution in [0, 0.1) is 18.3 Å². The number of allylic oxidation sites excluding steroid dienone is 1. The average Bonchev–Trinajstić information content (AvgIpc) is 3.12. The molecule has 0 aliphatic rings. The van der Waals surface area contributed by atoms with Gasteiger partial charge in [-0.05, 0) is 13.0 Å². The summed E-state index contributed by atoms with van der Waals surface area (Å²) in [5.41, 5.74) is 4.02. The predicted octanol–water partition coefficient (Wildman–Crippen LogP) is 5.24. The van der Waals surface area contributed by atoms with E-state index in [1.54, 1.807) is 23.5 Å². The maximum atomic E-state index is 9.63. The van der Waals surface area contributed by atoms with Crippen LogP contribution in [0.1, 0.15) is 21.8 Å². The van der Waals surface area contributed by atoms with Crippen molar-refractivity contribution in [2.24, 2.45) is 0 Å². The van der Waals surface area contributed by atoms with Crippen molar-refractivity contribution in [2.75, 3.05) is 13.7 Å². The minimum Gasteiger partial charge on any atom is -0.491 e. The highest BCUT2D eigenvalue weighted by Gasteiger charge is 2.13. The fraction of sp³-hybridized carbons (Fsp3) is 0.200. The van der Waals surface area contributed by atoms with E-state index in [0.717, 1.165) is 17.0 Å².